The van der Waals surface area contributed by atoms with Gasteiger partial charge in [0.2, 0.25) is 0 Å². The van der Waals surface area contributed by atoms with Crippen LogP contribution in [0.1, 0.15) is 20.8 Å². The van der Waals surface area contributed by atoms with E-state index in [2.05, 4.69) is 37.2 Å². The van der Waals surface area contributed by atoms with Crippen LogP contribution >= 0.6 is 0 Å². The molecule has 0 rings (SSSR count). The zero-order valence-electron chi connectivity index (χ0n) is 8.04. The minimum atomic E-state index is 0.436. The van der Waals surface area contributed by atoms with E-state index in [0.29, 0.717) is 5.92 Å². The second-order valence-corrected chi connectivity index (χ2v) is 2.80. The third kappa shape index (κ3) is 3.28. The number of hydrogen-bond acceptors (Lipinski definition) is 2. The molecule has 0 fully saturated rings. The maximum Gasteiger partial charge on any atom is 0.0633 e. The average molecular weight is 164 g/mol. The van der Waals surface area contributed by atoms with Crippen LogP contribution in [-0.2, 0) is 0 Å². The first-order chi connectivity index (χ1) is 5.63. The van der Waals surface area contributed by atoms with Gasteiger partial charge in [0, 0.05) is 6.20 Å². The van der Waals surface area contributed by atoms with Crippen LogP contribution in [0.15, 0.2) is 46.9 Å². The van der Waals surface area contributed by atoms with Gasteiger partial charge in [0.1, 0.15) is 0 Å². The number of nitrogens with zero attached hydrogens (tertiary/aromatic N) is 2. The van der Waals surface area contributed by atoms with Crippen molar-refractivity contribution in [3.8, 4) is 0 Å². The summed E-state index contributed by atoms with van der Waals surface area (Å²) in [6, 6.07) is 0. The lowest BCUT2D eigenvalue weighted by Crippen LogP contribution is -1.92. The monoisotopic (exact) mass is 164 g/mol. The zero-order valence-corrected chi connectivity index (χ0v) is 8.04. The summed E-state index contributed by atoms with van der Waals surface area (Å²) >= 11 is 0. The lowest BCUT2D eigenvalue weighted by molar-refractivity contribution is 0.774. The van der Waals surface area contributed by atoms with E-state index in [1.807, 2.05) is 13.0 Å². The Balaban J connectivity index is 4.71. The van der Waals surface area contributed by atoms with Gasteiger partial charge >= 0.3 is 0 Å². The molecule has 0 aromatic heterocycles. The van der Waals surface area contributed by atoms with Gasteiger partial charge < -0.3 is 0 Å². The number of allylic oxidation sites excluding steroid dienone is 3. The fourth-order valence-corrected chi connectivity index (χ4v) is 0.986. The summed E-state index contributed by atoms with van der Waals surface area (Å²) in [7, 11) is 0. The van der Waals surface area contributed by atoms with Crippen molar-refractivity contribution < 1.29 is 0 Å². The fraction of sp³-hybridized carbons (Fsp3) is 0.400. The molecule has 12 heavy (non-hydrogen) atoms. The molecule has 0 aliphatic heterocycles. The number of azo groups is 1. The smallest absolute Gasteiger partial charge is 0.0633 e. The molecule has 2 heteroatoms. The molecule has 0 saturated heterocycles. The Morgan fingerprint density at radius 2 is 1.92 bits per heavy atom. The number of hydrogen-bond donors (Lipinski definition) is 0. The van der Waals surface area contributed by atoms with Crippen LogP contribution in [0.25, 0.3) is 0 Å². The maximum absolute atomic E-state index is 3.95. The molecule has 0 aromatic carbocycles. The Morgan fingerprint density at radius 1 is 1.33 bits per heavy atom. The highest BCUT2D eigenvalue weighted by Gasteiger charge is 2.01. The van der Waals surface area contributed by atoms with E-state index in [0.717, 1.165) is 11.3 Å². The Morgan fingerprint density at radius 3 is 2.25 bits per heavy atom. The standard InChI is InChI=1S/C10H16N2/c1-6-10(8(3)4)9(5)12-11-7-2/h6-8H,1-2H2,3-5H3/b10-9+,12-11-. The van der Waals surface area contributed by atoms with E-state index < -0.39 is 0 Å². The molecule has 0 saturated carbocycles. The number of rotatable bonds is 4. The molecular formula is C10H16N2. The normalized spacial score (nSPS) is 13.3. The van der Waals surface area contributed by atoms with Crippen molar-refractivity contribution in [2.24, 2.45) is 16.1 Å². The first kappa shape index (κ1) is 10.8. The van der Waals surface area contributed by atoms with Crippen LogP contribution in [0.5, 0.6) is 0 Å². The van der Waals surface area contributed by atoms with Gasteiger partial charge in [-0.25, -0.2) is 0 Å². The molecule has 0 bridgehead atoms. The van der Waals surface area contributed by atoms with Crippen LogP contribution < -0.4 is 0 Å². The second kappa shape index (κ2) is 5.47. The summed E-state index contributed by atoms with van der Waals surface area (Å²) in [5.41, 5.74) is 2.03. The van der Waals surface area contributed by atoms with Crippen LogP contribution in [0.3, 0.4) is 0 Å². The molecule has 0 amide bonds. The van der Waals surface area contributed by atoms with Gasteiger partial charge in [-0.3, -0.25) is 0 Å². The van der Waals surface area contributed by atoms with Gasteiger partial charge in [0.25, 0.3) is 0 Å². The highest BCUT2D eigenvalue weighted by atomic mass is 15.1. The van der Waals surface area contributed by atoms with E-state index in [4.69, 9.17) is 0 Å². The molecule has 0 atom stereocenters. The van der Waals surface area contributed by atoms with Gasteiger partial charge in [-0.05, 0) is 18.4 Å². The lowest BCUT2D eigenvalue weighted by atomic mass is 10.0. The lowest BCUT2D eigenvalue weighted by Gasteiger charge is -2.06. The summed E-state index contributed by atoms with van der Waals surface area (Å²) in [5.74, 6) is 0.436. The summed E-state index contributed by atoms with van der Waals surface area (Å²) in [4.78, 5) is 0. The molecule has 0 spiro atoms. The largest absolute Gasteiger partial charge is 0.160 e. The van der Waals surface area contributed by atoms with E-state index in [9.17, 15) is 0 Å². The predicted octanol–water partition coefficient (Wildman–Crippen LogP) is 3.70. The first-order valence-corrected chi connectivity index (χ1v) is 3.98. The molecule has 0 aromatic rings. The van der Waals surface area contributed by atoms with Gasteiger partial charge in [-0.2, -0.15) is 10.2 Å². The molecule has 2 nitrogen and oxygen atoms in total. The van der Waals surface area contributed by atoms with Gasteiger partial charge in [-0.15, -0.1) is 0 Å². The van der Waals surface area contributed by atoms with Crippen LogP contribution in [0.2, 0.25) is 0 Å². The summed E-state index contributed by atoms with van der Waals surface area (Å²) in [6.07, 6.45) is 3.24. The minimum absolute atomic E-state index is 0.436. The molecule has 0 radical (unpaired) electrons. The highest BCUT2D eigenvalue weighted by molar-refractivity contribution is 5.23. The Labute approximate surface area is 74.4 Å². The van der Waals surface area contributed by atoms with Crippen molar-refractivity contribution in [3.63, 3.8) is 0 Å². The third-order valence-electron chi connectivity index (χ3n) is 1.55. The molecular weight excluding hydrogens is 148 g/mol. The Kier molecular flexibility index (Phi) is 4.93. The van der Waals surface area contributed by atoms with Crippen molar-refractivity contribution >= 4 is 0 Å². The maximum atomic E-state index is 3.95. The minimum Gasteiger partial charge on any atom is -0.160 e. The SMILES string of the molecule is C=C/N=N\C(C)=C(/C=C)C(C)C. The van der Waals surface area contributed by atoms with Crippen LogP contribution in [0, 0.1) is 5.92 Å². The van der Waals surface area contributed by atoms with Crippen molar-refractivity contribution in [1.29, 1.82) is 0 Å². The topological polar surface area (TPSA) is 24.7 Å². The predicted molar refractivity (Wildman–Crippen MR) is 52.8 cm³/mol. The molecule has 0 N–H and O–H groups in total. The quantitative estimate of drug-likeness (QED) is 0.447. The van der Waals surface area contributed by atoms with Crippen LogP contribution in [-0.4, -0.2) is 0 Å². The molecule has 0 unspecified atom stereocenters. The zero-order chi connectivity index (χ0) is 9.56. The first-order valence-electron chi connectivity index (χ1n) is 3.98. The molecule has 0 heterocycles. The average Bonchev–Trinajstić information content (AvgIpc) is 2.01. The molecule has 0 aliphatic rings. The Bertz CT molecular complexity index is 222. The van der Waals surface area contributed by atoms with Crippen molar-refractivity contribution in [3.05, 3.63) is 36.7 Å². The van der Waals surface area contributed by atoms with Crippen molar-refractivity contribution in [2.45, 2.75) is 20.8 Å². The van der Waals surface area contributed by atoms with Crippen molar-refractivity contribution in [2.75, 3.05) is 0 Å². The Hall–Kier alpha value is -1.18. The highest BCUT2D eigenvalue weighted by Crippen LogP contribution is 2.16. The van der Waals surface area contributed by atoms with Crippen LogP contribution in [0.4, 0.5) is 0 Å². The van der Waals surface area contributed by atoms with E-state index in [1.165, 1.54) is 6.20 Å². The van der Waals surface area contributed by atoms with Crippen molar-refractivity contribution in [1.82, 2.24) is 0 Å². The second-order valence-electron chi connectivity index (χ2n) is 2.80. The molecule has 66 valence electrons. The fourth-order valence-electron chi connectivity index (χ4n) is 0.986. The molecule has 0 aliphatic carbocycles. The van der Waals surface area contributed by atoms with Gasteiger partial charge in [-0.1, -0.05) is 33.1 Å². The van der Waals surface area contributed by atoms with E-state index >= 15 is 0 Å². The van der Waals surface area contributed by atoms with Gasteiger partial charge in [0.15, 0.2) is 0 Å². The summed E-state index contributed by atoms with van der Waals surface area (Å²) < 4.78 is 0. The third-order valence-corrected chi connectivity index (χ3v) is 1.55. The summed E-state index contributed by atoms with van der Waals surface area (Å²) in [5, 5.41) is 7.66. The van der Waals surface area contributed by atoms with E-state index in [-0.39, 0.29) is 0 Å². The van der Waals surface area contributed by atoms with Gasteiger partial charge in [0.05, 0.1) is 5.70 Å². The van der Waals surface area contributed by atoms with E-state index in [1.54, 1.807) is 0 Å². The summed E-state index contributed by atoms with van der Waals surface area (Å²) in [6.45, 7) is 13.3.